The summed E-state index contributed by atoms with van der Waals surface area (Å²) >= 11 is 0. The minimum atomic E-state index is -0.330. The van der Waals surface area contributed by atoms with Gasteiger partial charge in [-0.15, -0.1) is 0 Å². The van der Waals surface area contributed by atoms with Gasteiger partial charge in [-0.05, 0) is 25.0 Å². The van der Waals surface area contributed by atoms with E-state index in [-0.39, 0.29) is 24.7 Å². The second-order valence-electron chi connectivity index (χ2n) is 4.01. The first-order valence-corrected chi connectivity index (χ1v) is 6.10. The third kappa shape index (κ3) is 4.99. The smallest absolute Gasteiger partial charge is 0.306 e. The lowest BCUT2D eigenvalue weighted by molar-refractivity contribution is -0.144. The molecule has 1 amide bonds. The first-order chi connectivity index (χ1) is 8.63. The molecule has 4 heteroatoms. The molecule has 1 rings (SSSR count). The van der Waals surface area contributed by atoms with E-state index in [1.165, 1.54) is 0 Å². The van der Waals surface area contributed by atoms with Gasteiger partial charge in [-0.1, -0.05) is 24.3 Å². The van der Waals surface area contributed by atoms with Crippen LogP contribution in [0.3, 0.4) is 0 Å². The fourth-order valence-corrected chi connectivity index (χ4v) is 1.54. The number of hydrogen-bond donors (Lipinski definition) is 1. The molecule has 0 spiro atoms. The maximum atomic E-state index is 11.5. The van der Waals surface area contributed by atoms with E-state index >= 15 is 0 Å². The third-order valence-corrected chi connectivity index (χ3v) is 2.60. The molecule has 0 radical (unpaired) electrons. The highest BCUT2D eigenvalue weighted by Crippen LogP contribution is 2.06. The average molecular weight is 249 g/mol. The van der Waals surface area contributed by atoms with Crippen LogP contribution in [0.4, 0.5) is 0 Å². The van der Waals surface area contributed by atoms with E-state index in [4.69, 9.17) is 4.74 Å². The molecular formula is C14H19NO3. The molecule has 0 saturated heterocycles. The standard InChI is InChI=1S/C14H19NO3/c1-3-18-14(17)9-8-13(16)15-10-12-7-5-4-6-11(12)2/h4-7H,3,8-10H2,1-2H3,(H,15,16). The first kappa shape index (κ1) is 14.2. The summed E-state index contributed by atoms with van der Waals surface area (Å²) < 4.78 is 4.76. The number of carbonyl (C=O) groups is 2. The largest absolute Gasteiger partial charge is 0.466 e. The Labute approximate surface area is 107 Å². The van der Waals surface area contributed by atoms with Gasteiger partial charge < -0.3 is 10.1 Å². The lowest BCUT2D eigenvalue weighted by Crippen LogP contribution is -2.23. The summed E-state index contributed by atoms with van der Waals surface area (Å²) in [5.74, 6) is -0.463. The van der Waals surface area contributed by atoms with E-state index in [9.17, 15) is 9.59 Å². The van der Waals surface area contributed by atoms with Crippen molar-refractivity contribution in [2.75, 3.05) is 6.61 Å². The molecule has 0 aromatic heterocycles. The molecule has 0 aliphatic carbocycles. The van der Waals surface area contributed by atoms with E-state index in [1.54, 1.807) is 6.92 Å². The van der Waals surface area contributed by atoms with E-state index < -0.39 is 0 Å². The molecule has 0 atom stereocenters. The lowest BCUT2D eigenvalue weighted by atomic mass is 10.1. The average Bonchev–Trinajstić information content (AvgIpc) is 2.36. The highest BCUT2D eigenvalue weighted by Gasteiger charge is 2.07. The van der Waals surface area contributed by atoms with Gasteiger partial charge in [-0.2, -0.15) is 0 Å². The fraction of sp³-hybridized carbons (Fsp3) is 0.429. The quantitative estimate of drug-likeness (QED) is 0.784. The van der Waals surface area contributed by atoms with Crippen molar-refractivity contribution in [2.24, 2.45) is 0 Å². The molecule has 0 unspecified atom stereocenters. The van der Waals surface area contributed by atoms with Crippen molar-refractivity contribution in [1.29, 1.82) is 0 Å². The van der Waals surface area contributed by atoms with Crippen molar-refractivity contribution < 1.29 is 14.3 Å². The number of nitrogens with one attached hydrogen (secondary N) is 1. The van der Waals surface area contributed by atoms with Crippen molar-refractivity contribution in [3.8, 4) is 0 Å². The van der Waals surface area contributed by atoms with Gasteiger partial charge in [0, 0.05) is 13.0 Å². The van der Waals surface area contributed by atoms with Crippen molar-refractivity contribution >= 4 is 11.9 Å². The number of rotatable bonds is 6. The van der Waals surface area contributed by atoms with Gasteiger partial charge in [-0.3, -0.25) is 9.59 Å². The van der Waals surface area contributed by atoms with Crippen LogP contribution in [0.1, 0.15) is 30.9 Å². The molecule has 0 heterocycles. The number of esters is 1. The van der Waals surface area contributed by atoms with Crippen LogP contribution in [0.25, 0.3) is 0 Å². The minimum absolute atomic E-state index is 0.132. The Hall–Kier alpha value is -1.84. The van der Waals surface area contributed by atoms with Gasteiger partial charge in [0.2, 0.25) is 5.91 Å². The Morgan fingerprint density at radius 3 is 2.61 bits per heavy atom. The summed E-state index contributed by atoms with van der Waals surface area (Å²) in [5, 5.41) is 2.79. The van der Waals surface area contributed by atoms with Crippen LogP contribution in [0, 0.1) is 6.92 Å². The summed E-state index contributed by atoms with van der Waals surface area (Å²) in [4.78, 5) is 22.6. The summed E-state index contributed by atoms with van der Waals surface area (Å²) in [5.41, 5.74) is 2.23. The molecule has 0 saturated carbocycles. The first-order valence-electron chi connectivity index (χ1n) is 6.10. The van der Waals surface area contributed by atoms with Crippen LogP contribution < -0.4 is 5.32 Å². The Morgan fingerprint density at radius 2 is 1.94 bits per heavy atom. The number of amides is 1. The lowest BCUT2D eigenvalue weighted by Gasteiger charge is -2.07. The number of benzene rings is 1. The fourth-order valence-electron chi connectivity index (χ4n) is 1.54. The van der Waals surface area contributed by atoms with Gasteiger partial charge in [0.1, 0.15) is 0 Å². The van der Waals surface area contributed by atoms with E-state index in [0.717, 1.165) is 11.1 Å². The molecule has 0 bridgehead atoms. The van der Waals surface area contributed by atoms with Crippen LogP contribution >= 0.6 is 0 Å². The zero-order valence-electron chi connectivity index (χ0n) is 10.9. The molecule has 1 N–H and O–H groups in total. The third-order valence-electron chi connectivity index (χ3n) is 2.60. The van der Waals surface area contributed by atoms with Crippen LogP contribution in [-0.4, -0.2) is 18.5 Å². The maximum absolute atomic E-state index is 11.5. The zero-order chi connectivity index (χ0) is 13.4. The van der Waals surface area contributed by atoms with Gasteiger partial charge >= 0.3 is 5.97 Å². The van der Waals surface area contributed by atoms with E-state index in [0.29, 0.717) is 13.2 Å². The van der Waals surface area contributed by atoms with Crippen molar-refractivity contribution in [3.63, 3.8) is 0 Å². The van der Waals surface area contributed by atoms with Crippen LogP contribution in [0.2, 0.25) is 0 Å². The number of aryl methyl sites for hydroxylation is 1. The Balaban J connectivity index is 2.29. The number of ether oxygens (including phenoxy) is 1. The SMILES string of the molecule is CCOC(=O)CCC(=O)NCc1ccccc1C. The van der Waals surface area contributed by atoms with E-state index in [2.05, 4.69) is 5.32 Å². The highest BCUT2D eigenvalue weighted by molar-refractivity contribution is 5.81. The molecule has 0 fully saturated rings. The summed E-state index contributed by atoms with van der Waals surface area (Å²) in [7, 11) is 0. The van der Waals surface area contributed by atoms with Gasteiger partial charge in [0.15, 0.2) is 0 Å². The normalized spacial score (nSPS) is 9.89. The van der Waals surface area contributed by atoms with Gasteiger partial charge in [0.05, 0.1) is 13.0 Å². The number of carbonyl (C=O) groups excluding carboxylic acids is 2. The monoisotopic (exact) mass is 249 g/mol. The predicted octanol–water partition coefficient (Wildman–Crippen LogP) is 1.95. The summed E-state index contributed by atoms with van der Waals surface area (Å²) in [6, 6.07) is 7.87. The Kier molecular flexibility index (Phi) is 5.91. The molecule has 18 heavy (non-hydrogen) atoms. The molecule has 1 aromatic carbocycles. The van der Waals surface area contributed by atoms with Crippen molar-refractivity contribution in [2.45, 2.75) is 33.2 Å². The second kappa shape index (κ2) is 7.48. The highest BCUT2D eigenvalue weighted by atomic mass is 16.5. The minimum Gasteiger partial charge on any atom is -0.466 e. The Bertz CT molecular complexity index is 415. The van der Waals surface area contributed by atoms with Crippen LogP contribution in [0.15, 0.2) is 24.3 Å². The molecule has 4 nitrogen and oxygen atoms in total. The second-order valence-corrected chi connectivity index (χ2v) is 4.01. The molecular weight excluding hydrogens is 230 g/mol. The van der Waals surface area contributed by atoms with Crippen molar-refractivity contribution in [3.05, 3.63) is 35.4 Å². The molecule has 1 aromatic rings. The number of hydrogen-bond acceptors (Lipinski definition) is 3. The van der Waals surface area contributed by atoms with Crippen molar-refractivity contribution in [1.82, 2.24) is 5.32 Å². The molecule has 0 aliphatic heterocycles. The van der Waals surface area contributed by atoms with Gasteiger partial charge in [0.25, 0.3) is 0 Å². The molecule has 0 aliphatic rings. The predicted molar refractivity (Wildman–Crippen MR) is 68.9 cm³/mol. The maximum Gasteiger partial charge on any atom is 0.306 e. The Morgan fingerprint density at radius 1 is 1.22 bits per heavy atom. The summed E-state index contributed by atoms with van der Waals surface area (Å²) in [6.07, 6.45) is 0.304. The van der Waals surface area contributed by atoms with Crippen LogP contribution in [0.5, 0.6) is 0 Å². The van der Waals surface area contributed by atoms with Crippen LogP contribution in [-0.2, 0) is 20.9 Å². The summed E-state index contributed by atoms with van der Waals surface area (Å²) in [6.45, 7) is 4.59. The topological polar surface area (TPSA) is 55.4 Å². The molecule has 98 valence electrons. The van der Waals surface area contributed by atoms with Gasteiger partial charge in [-0.25, -0.2) is 0 Å². The zero-order valence-corrected chi connectivity index (χ0v) is 10.9. The van der Waals surface area contributed by atoms with E-state index in [1.807, 2.05) is 31.2 Å².